The molecule has 1 unspecified atom stereocenters. The highest BCUT2D eigenvalue weighted by Gasteiger charge is 2.18. The van der Waals surface area contributed by atoms with Crippen molar-refractivity contribution in [3.8, 4) is 0 Å². The van der Waals surface area contributed by atoms with Crippen LogP contribution in [-0.4, -0.2) is 27.8 Å². The first-order valence-electron chi connectivity index (χ1n) is 12.9. The van der Waals surface area contributed by atoms with E-state index >= 15 is 0 Å². The molecule has 2 aliphatic carbocycles. The highest BCUT2D eigenvalue weighted by Crippen LogP contribution is 2.24. The smallest absolute Gasteiger partial charge is 0.255 e. The number of fused-ring (bicyclic) bond motifs is 1. The second kappa shape index (κ2) is 11.2. The van der Waals surface area contributed by atoms with Gasteiger partial charge in [0.25, 0.3) is 11.8 Å². The van der Waals surface area contributed by atoms with E-state index in [1.165, 1.54) is 32.1 Å². The van der Waals surface area contributed by atoms with Crippen molar-refractivity contribution < 1.29 is 9.59 Å². The number of imidazole rings is 1. The van der Waals surface area contributed by atoms with E-state index in [1.54, 1.807) is 6.08 Å². The van der Waals surface area contributed by atoms with E-state index in [9.17, 15) is 9.59 Å². The number of hydrogen-bond acceptors (Lipinski definition) is 3. The van der Waals surface area contributed by atoms with Crippen LogP contribution in [0, 0.1) is 0 Å². The van der Waals surface area contributed by atoms with Crippen LogP contribution in [-0.2, 0) is 4.79 Å². The average Bonchev–Trinajstić information content (AvgIpc) is 3.14. The van der Waals surface area contributed by atoms with Crippen LogP contribution in [0.15, 0.2) is 84.5 Å². The van der Waals surface area contributed by atoms with E-state index < -0.39 is 0 Å². The van der Waals surface area contributed by atoms with Gasteiger partial charge in [-0.15, -0.1) is 0 Å². The predicted octanol–water partition coefficient (Wildman–Crippen LogP) is 6.18. The molecule has 3 aromatic rings. The molecule has 1 heterocycles. The summed E-state index contributed by atoms with van der Waals surface area (Å²) >= 11 is 0. The van der Waals surface area contributed by atoms with Gasteiger partial charge >= 0.3 is 0 Å². The molecule has 3 N–H and O–H groups in total. The van der Waals surface area contributed by atoms with Gasteiger partial charge in [0.05, 0.1) is 17.0 Å². The summed E-state index contributed by atoms with van der Waals surface area (Å²) in [7, 11) is 0. The molecule has 2 aliphatic rings. The standard InChI is InChI=1S/C30H32N4O2/c35-29(31-24-14-7-4-8-15-24)22-11-9-10-21(16-17-22)28-33-26-19-18-23(20-27(26)34-28)30(36)32-25-12-5-2-1-3-6-13-25/h4,7-11,14-21,25H,1-3,5-6,12-13H2,(H,31,35)(H,32,36)(H,33,34). The summed E-state index contributed by atoms with van der Waals surface area (Å²) in [6.07, 6.45) is 17.8. The molecule has 2 aromatic carbocycles. The summed E-state index contributed by atoms with van der Waals surface area (Å²) in [4.78, 5) is 33.7. The molecule has 2 amide bonds. The molecule has 184 valence electrons. The SMILES string of the molecule is O=C(Nc1ccccc1)C1=CC=CC(c2nc3ccc(C(=O)NC4CCCCCCC4)cc3[nH]2)C=C1. The summed E-state index contributed by atoms with van der Waals surface area (Å²) in [6, 6.07) is 15.3. The number of aromatic amines is 1. The fraction of sp³-hybridized carbons (Fsp3) is 0.300. The molecule has 0 saturated heterocycles. The van der Waals surface area contributed by atoms with Crippen molar-refractivity contribution in [1.29, 1.82) is 0 Å². The number of amides is 2. The van der Waals surface area contributed by atoms with Gasteiger partial charge in [0.1, 0.15) is 5.82 Å². The maximum absolute atomic E-state index is 12.9. The molecule has 36 heavy (non-hydrogen) atoms. The van der Waals surface area contributed by atoms with Crippen molar-refractivity contribution in [2.24, 2.45) is 0 Å². The molecule has 6 heteroatoms. The summed E-state index contributed by atoms with van der Waals surface area (Å²) in [5, 5.41) is 6.15. The fourth-order valence-corrected chi connectivity index (χ4v) is 4.86. The minimum atomic E-state index is -0.160. The molecule has 1 fully saturated rings. The van der Waals surface area contributed by atoms with Gasteiger partial charge in [0.2, 0.25) is 0 Å². The van der Waals surface area contributed by atoms with Gasteiger partial charge in [0.15, 0.2) is 0 Å². The highest BCUT2D eigenvalue weighted by atomic mass is 16.2. The Morgan fingerprint density at radius 2 is 1.67 bits per heavy atom. The maximum atomic E-state index is 12.9. The van der Waals surface area contributed by atoms with Crippen LogP contribution in [0.4, 0.5) is 5.69 Å². The van der Waals surface area contributed by atoms with E-state index in [2.05, 4.69) is 15.6 Å². The Bertz CT molecular complexity index is 1310. The number of anilines is 1. The van der Waals surface area contributed by atoms with Crippen molar-refractivity contribution >= 4 is 28.5 Å². The highest BCUT2D eigenvalue weighted by molar-refractivity contribution is 6.06. The third kappa shape index (κ3) is 5.82. The fourth-order valence-electron chi connectivity index (χ4n) is 4.86. The maximum Gasteiger partial charge on any atom is 0.255 e. The van der Waals surface area contributed by atoms with Gasteiger partial charge in [0, 0.05) is 22.9 Å². The zero-order valence-corrected chi connectivity index (χ0v) is 20.4. The zero-order valence-electron chi connectivity index (χ0n) is 20.4. The number of aromatic nitrogens is 2. The Hall–Kier alpha value is -3.93. The van der Waals surface area contributed by atoms with Crippen molar-refractivity contribution in [2.75, 3.05) is 5.32 Å². The van der Waals surface area contributed by atoms with Gasteiger partial charge in [-0.25, -0.2) is 4.98 Å². The monoisotopic (exact) mass is 480 g/mol. The van der Waals surface area contributed by atoms with Crippen LogP contribution in [0.2, 0.25) is 0 Å². The van der Waals surface area contributed by atoms with Gasteiger partial charge in [-0.1, -0.05) is 74.6 Å². The molecule has 1 saturated carbocycles. The Kier molecular flexibility index (Phi) is 7.41. The molecule has 6 nitrogen and oxygen atoms in total. The zero-order chi connectivity index (χ0) is 24.7. The second-order valence-electron chi connectivity index (χ2n) is 9.58. The summed E-state index contributed by atoms with van der Waals surface area (Å²) in [6.45, 7) is 0. The summed E-state index contributed by atoms with van der Waals surface area (Å²) in [5.74, 6) is 0.481. The molecule has 5 rings (SSSR count). The topological polar surface area (TPSA) is 86.9 Å². The van der Waals surface area contributed by atoms with E-state index in [1.807, 2.05) is 72.8 Å². The molecule has 1 aromatic heterocycles. The third-order valence-electron chi connectivity index (χ3n) is 6.89. The first-order valence-corrected chi connectivity index (χ1v) is 12.9. The van der Waals surface area contributed by atoms with Crippen LogP contribution in [0.1, 0.15) is 67.0 Å². The summed E-state index contributed by atoms with van der Waals surface area (Å²) in [5.41, 5.74) is 3.62. The molecule has 0 spiro atoms. The first-order chi connectivity index (χ1) is 17.7. The number of carbonyl (C=O) groups is 2. The lowest BCUT2D eigenvalue weighted by Crippen LogP contribution is -2.35. The normalized spacial score (nSPS) is 18.7. The van der Waals surface area contributed by atoms with Gasteiger partial charge in [-0.2, -0.15) is 0 Å². The number of benzene rings is 2. The predicted molar refractivity (Wildman–Crippen MR) is 144 cm³/mol. The lowest BCUT2D eigenvalue weighted by molar-refractivity contribution is -0.112. The van der Waals surface area contributed by atoms with E-state index in [0.717, 1.165) is 35.4 Å². The Morgan fingerprint density at radius 1 is 0.889 bits per heavy atom. The lowest BCUT2D eigenvalue weighted by atomic mass is 9.96. The number of nitrogens with zero attached hydrogens (tertiary/aromatic N) is 1. The third-order valence-corrected chi connectivity index (χ3v) is 6.89. The number of nitrogens with one attached hydrogen (secondary N) is 3. The quantitative estimate of drug-likeness (QED) is 0.407. The molecule has 1 atom stereocenters. The molecular weight excluding hydrogens is 448 g/mol. The average molecular weight is 481 g/mol. The Morgan fingerprint density at radius 3 is 2.47 bits per heavy atom. The van der Waals surface area contributed by atoms with E-state index in [0.29, 0.717) is 11.1 Å². The number of allylic oxidation sites excluding steroid dienone is 4. The number of hydrogen-bond donors (Lipinski definition) is 3. The van der Waals surface area contributed by atoms with Crippen molar-refractivity contribution in [3.05, 3.63) is 95.9 Å². The van der Waals surface area contributed by atoms with Crippen molar-refractivity contribution in [3.63, 3.8) is 0 Å². The molecule has 0 bridgehead atoms. The lowest BCUT2D eigenvalue weighted by Gasteiger charge is -2.21. The largest absolute Gasteiger partial charge is 0.349 e. The number of H-pyrrole nitrogens is 1. The molecule has 0 aliphatic heterocycles. The molecule has 0 radical (unpaired) electrons. The van der Waals surface area contributed by atoms with Crippen LogP contribution < -0.4 is 10.6 Å². The van der Waals surface area contributed by atoms with Crippen molar-refractivity contribution in [2.45, 2.75) is 56.9 Å². The second-order valence-corrected chi connectivity index (χ2v) is 9.58. The number of para-hydroxylation sites is 1. The van der Waals surface area contributed by atoms with E-state index in [-0.39, 0.29) is 23.8 Å². The number of rotatable bonds is 5. The summed E-state index contributed by atoms with van der Waals surface area (Å²) < 4.78 is 0. The van der Waals surface area contributed by atoms with Crippen molar-refractivity contribution in [1.82, 2.24) is 15.3 Å². The Balaban J connectivity index is 1.26. The van der Waals surface area contributed by atoms with Gasteiger partial charge < -0.3 is 15.6 Å². The van der Waals surface area contributed by atoms with Gasteiger partial charge in [-0.3, -0.25) is 9.59 Å². The van der Waals surface area contributed by atoms with Crippen LogP contribution in [0.25, 0.3) is 11.0 Å². The Labute approximate surface area is 211 Å². The van der Waals surface area contributed by atoms with E-state index in [4.69, 9.17) is 4.98 Å². The first kappa shape index (κ1) is 23.8. The van der Waals surface area contributed by atoms with Crippen LogP contribution in [0.5, 0.6) is 0 Å². The van der Waals surface area contributed by atoms with Crippen LogP contribution in [0.3, 0.4) is 0 Å². The van der Waals surface area contributed by atoms with Gasteiger partial charge in [-0.05, 0) is 49.2 Å². The van der Waals surface area contributed by atoms with Crippen LogP contribution >= 0.6 is 0 Å². The molecular formula is C30H32N4O2. The minimum Gasteiger partial charge on any atom is -0.349 e. The minimum absolute atomic E-state index is 0.0221. The number of carbonyl (C=O) groups excluding carboxylic acids is 2.